The molecule has 0 spiro atoms. The summed E-state index contributed by atoms with van der Waals surface area (Å²) >= 11 is 0. The summed E-state index contributed by atoms with van der Waals surface area (Å²) in [4.78, 5) is 0. The molecular weight excluding hydrogens is 419 g/mol. The Balaban J connectivity index is 1.72. The number of benzene rings is 2. The minimum absolute atomic E-state index is 0.321. The standard InChI is InChI=1S/C20H20F3N3O3S/c1-2-26-17-11-14(29-20(21,22)23)7-10-16(17)18(24)19(26)12-3-5-13(6-4-12)25-30(27,28)15-8-9-15/h3-7,10-11,15,25H,2,8-9,24H2,1H3. The van der Waals surface area contributed by atoms with Crippen LogP contribution in [-0.2, 0) is 16.6 Å². The van der Waals surface area contributed by atoms with Gasteiger partial charge in [-0.3, -0.25) is 4.72 Å². The third-order valence-corrected chi connectivity index (χ3v) is 6.88. The maximum atomic E-state index is 12.6. The van der Waals surface area contributed by atoms with E-state index in [-0.39, 0.29) is 11.0 Å². The summed E-state index contributed by atoms with van der Waals surface area (Å²) < 4.78 is 70.3. The molecule has 1 aliphatic rings. The lowest BCUT2D eigenvalue weighted by Crippen LogP contribution is -2.17. The van der Waals surface area contributed by atoms with Gasteiger partial charge in [-0.1, -0.05) is 12.1 Å². The topological polar surface area (TPSA) is 86.4 Å². The summed E-state index contributed by atoms with van der Waals surface area (Å²) in [6.45, 7) is 2.33. The van der Waals surface area contributed by atoms with Crippen molar-refractivity contribution in [2.45, 2.75) is 37.9 Å². The second-order valence-corrected chi connectivity index (χ2v) is 9.12. The molecule has 1 heterocycles. The molecule has 160 valence electrons. The molecule has 0 radical (unpaired) electrons. The number of fused-ring (bicyclic) bond motifs is 1. The van der Waals surface area contributed by atoms with Crippen LogP contribution in [-0.4, -0.2) is 24.6 Å². The number of nitrogens with zero attached hydrogens (tertiary/aromatic N) is 1. The predicted octanol–water partition coefficient (Wildman–Crippen LogP) is 4.71. The highest BCUT2D eigenvalue weighted by Crippen LogP contribution is 2.39. The fourth-order valence-corrected chi connectivity index (χ4v) is 4.90. The largest absolute Gasteiger partial charge is 0.573 e. The zero-order chi connectivity index (χ0) is 21.7. The molecule has 4 rings (SSSR count). The normalized spacial score (nSPS) is 14.8. The Morgan fingerprint density at radius 2 is 1.83 bits per heavy atom. The van der Waals surface area contributed by atoms with Crippen LogP contribution in [0, 0.1) is 0 Å². The molecule has 1 aliphatic carbocycles. The van der Waals surface area contributed by atoms with E-state index in [1.54, 1.807) is 28.8 Å². The van der Waals surface area contributed by atoms with Crippen molar-refractivity contribution < 1.29 is 26.3 Å². The number of sulfonamides is 1. The number of aryl methyl sites for hydroxylation is 1. The van der Waals surface area contributed by atoms with Crippen LogP contribution >= 0.6 is 0 Å². The first-order valence-corrected chi connectivity index (χ1v) is 10.9. The fraction of sp³-hybridized carbons (Fsp3) is 0.300. The van der Waals surface area contributed by atoms with Gasteiger partial charge in [-0.15, -0.1) is 13.2 Å². The van der Waals surface area contributed by atoms with Crippen molar-refractivity contribution in [1.29, 1.82) is 0 Å². The molecule has 30 heavy (non-hydrogen) atoms. The molecule has 6 nitrogen and oxygen atoms in total. The van der Waals surface area contributed by atoms with E-state index in [0.717, 1.165) is 5.56 Å². The van der Waals surface area contributed by atoms with E-state index in [1.807, 2.05) is 6.92 Å². The van der Waals surface area contributed by atoms with Crippen molar-refractivity contribution in [3.8, 4) is 17.0 Å². The molecule has 1 aromatic heterocycles. The van der Waals surface area contributed by atoms with Crippen molar-refractivity contribution in [2.24, 2.45) is 0 Å². The molecule has 0 bridgehead atoms. The van der Waals surface area contributed by atoms with E-state index in [2.05, 4.69) is 9.46 Å². The first kappa shape index (κ1) is 20.4. The van der Waals surface area contributed by atoms with Gasteiger partial charge in [0.15, 0.2) is 0 Å². The molecule has 1 fully saturated rings. The molecule has 10 heteroatoms. The molecule has 1 saturated carbocycles. The van der Waals surface area contributed by atoms with E-state index in [4.69, 9.17) is 5.73 Å². The van der Waals surface area contributed by atoms with Crippen LogP contribution in [0.3, 0.4) is 0 Å². The summed E-state index contributed by atoms with van der Waals surface area (Å²) in [5.41, 5.74) is 9.08. The second-order valence-electron chi connectivity index (χ2n) is 7.16. The van der Waals surface area contributed by atoms with Gasteiger partial charge in [-0.2, -0.15) is 0 Å². The molecule has 0 atom stereocenters. The molecule has 2 aromatic carbocycles. The number of anilines is 2. The van der Waals surface area contributed by atoms with Crippen molar-refractivity contribution >= 4 is 32.3 Å². The number of alkyl halides is 3. The molecule has 3 aromatic rings. The van der Waals surface area contributed by atoms with E-state index < -0.39 is 16.4 Å². The lowest BCUT2D eigenvalue weighted by molar-refractivity contribution is -0.274. The summed E-state index contributed by atoms with van der Waals surface area (Å²) in [6.07, 6.45) is -3.45. The van der Waals surface area contributed by atoms with Crippen LogP contribution in [0.2, 0.25) is 0 Å². The third kappa shape index (κ3) is 3.91. The zero-order valence-corrected chi connectivity index (χ0v) is 16.8. The van der Waals surface area contributed by atoms with Gasteiger partial charge in [0.05, 0.1) is 22.1 Å². The quantitative estimate of drug-likeness (QED) is 0.582. The summed E-state index contributed by atoms with van der Waals surface area (Å²) in [7, 11) is -3.36. The van der Waals surface area contributed by atoms with E-state index in [0.29, 0.717) is 47.4 Å². The fourth-order valence-electron chi connectivity index (χ4n) is 3.51. The second kappa shape index (κ2) is 7.12. The number of nitrogens with one attached hydrogen (secondary N) is 1. The average Bonchev–Trinajstić information content (AvgIpc) is 3.47. The molecule has 0 saturated heterocycles. The third-order valence-electron chi connectivity index (χ3n) is 5.01. The minimum Gasteiger partial charge on any atom is -0.406 e. The Hall–Kier alpha value is -2.88. The lowest BCUT2D eigenvalue weighted by atomic mass is 10.1. The Morgan fingerprint density at radius 1 is 1.17 bits per heavy atom. The Labute approximate surface area is 171 Å². The number of hydrogen-bond acceptors (Lipinski definition) is 4. The summed E-state index contributed by atoms with van der Waals surface area (Å²) in [6, 6.07) is 10.8. The summed E-state index contributed by atoms with van der Waals surface area (Å²) in [5, 5.41) is 0.281. The van der Waals surface area contributed by atoms with Crippen LogP contribution in [0.5, 0.6) is 5.75 Å². The number of ether oxygens (including phenoxy) is 1. The van der Waals surface area contributed by atoms with Crippen LogP contribution in [0.4, 0.5) is 24.5 Å². The monoisotopic (exact) mass is 439 g/mol. The Kier molecular flexibility index (Phi) is 4.84. The maximum absolute atomic E-state index is 12.6. The number of nitrogen functional groups attached to an aromatic ring is 1. The van der Waals surface area contributed by atoms with Crippen LogP contribution in [0.25, 0.3) is 22.2 Å². The van der Waals surface area contributed by atoms with Crippen molar-refractivity contribution in [2.75, 3.05) is 10.5 Å². The van der Waals surface area contributed by atoms with Gasteiger partial charge in [0, 0.05) is 29.2 Å². The molecule has 3 N–H and O–H groups in total. The molecule has 0 amide bonds. The smallest absolute Gasteiger partial charge is 0.406 e. The van der Waals surface area contributed by atoms with Gasteiger partial charge < -0.3 is 15.0 Å². The number of nitrogens with two attached hydrogens (primary N) is 1. The first-order valence-electron chi connectivity index (χ1n) is 9.38. The maximum Gasteiger partial charge on any atom is 0.573 e. The zero-order valence-electron chi connectivity index (χ0n) is 16.0. The van der Waals surface area contributed by atoms with Crippen molar-refractivity contribution in [3.05, 3.63) is 42.5 Å². The van der Waals surface area contributed by atoms with Crippen LogP contribution in [0.15, 0.2) is 42.5 Å². The van der Waals surface area contributed by atoms with E-state index >= 15 is 0 Å². The van der Waals surface area contributed by atoms with Gasteiger partial charge in [0.25, 0.3) is 0 Å². The van der Waals surface area contributed by atoms with Crippen molar-refractivity contribution in [3.63, 3.8) is 0 Å². The first-order chi connectivity index (χ1) is 14.1. The minimum atomic E-state index is -4.78. The SMILES string of the molecule is CCn1c(-c2ccc(NS(=O)(=O)C3CC3)cc2)c(N)c2ccc(OC(F)(F)F)cc21. The highest BCUT2D eigenvalue weighted by Gasteiger charge is 2.35. The number of aromatic nitrogens is 1. The van der Waals surface area contributed by atoms with Gasteiger partial charge in [-0.05, 0) is 44.0 Å². The van der Waals surface area contributed by atoms with Gasteiger partial charge in [0.2, 0.25) is 10.0 Å². The lowest BCUT2D eigenvalue weighted by Gasteiger charge is -2.12. The number of rotatable bonds is 6. The van der Waals surface area contributed by atoms with Crippen LogP contribution in [0.1, 0.15) is 19.8 Å². The van der Waals surface area contributed by atoms with Crippen molar-refractivity contribution in [1.82, 2.24) is 4.57 Å². The number of hydrogen-bond donors (Lipinski definition) is 2. The highest BCUT2D eigenvalue weighted by atomic mass is 32.2. The molecular formula is C20H20F3N3O3S. The van der Waals surface area contributed by atoms with E-state index in [9.17, 15) is 21.6 Å². The highest BCUT2D eigenvalue weighted by molar-refractivity contribution is 7.93. The van der Waals surface area contributed by atoms with Gasteiger partial charge in [0.1, 0.15) is 5.75 Å². The average molecular weight is 439 g/mol. The predicted molar refractivity (Wildman–Crippen MR) is 110 cm³/mol. The summed E-state index contributed by atoms with van der Waals surface area (Å²) in [5.74, 6) is -0.321. The van der Waals surface area contributed by atoms with Gasteiger partial charge >= 0.3 is 6.36 Å². The molecule has 0 unspecified atom stereocenters. The number of halogens is 3. The van der Waals surface area contributed by atoms with E-state index in [1.165, 1.54) is 18.2 Å². The Morgan fingerprint density at radius 3 is 2.40 bits per heavy atom. The van der Waals surface area contributed by atoms with Crippen LogP contribution < -0.4 is 15.2 Å². The van der Waals surface area contributed by atoms with Gasteiger partial charge in [-0.25, -0.2) is 8.42 Å². The Bertz CT molecular complexity index is 1200. The molecule has 0 aliphatic heterocycles.